The smallest absolute Gasteiger partial charge is 0.250 e. The summed E-state index contributed by atoms with van der Waals surface area (Å²) in [6.45, 7) is 0. The van der Waals surface area contributed by atoms with Gasteiger partial charge in [-0.05, 0) is 49.2 Å². The summed E-state index contributed by atoms with van der Waals surface area (Å²) >= 11 is 7.39. The quantitative estimate of drug-likeness (QED) is 0.255. The van der Waals surface area contributed by atoms with E-state index in [2.05, 4.69) is 25.3 Å². The van der Waals surface area contributed by atoms with Gasteiger partial charge in [-0.2, -0.15) is 5.10 Å². The van der Waals surface area contributed by atoms with E-state index < -0.39 is 0 Å². The van der Waals surface area contributed by atoms with Gasteiger partial charge in [-0.15, -0.1) is 10.2 Å². The number of phenolic OH excluding ortho intramolecular Hbond substituents is 1. The van der Waals surface area contributed by atoms with Gasteiger partial charge < -0.3 is 9.84 Å². The molecule has 10 heteroatoms. The lowest BCUT2D eigenvalue weighted by molar-refractivity contribution is -0.118. The lowest BCUT2D eigenvalue weighted by Crippen LogP contribution is -2.20. The number of hydrogen-bond donors (Lipinski definition) is 2. The van der Waals surface area contributed by atoms with Crippen LogP contribution in [0.15, 0.2) is 52.7 Å². The van der Waals surface area contributed by atoms with E-state index in [1.165, 1.54) is 44.3 Å². The second kappa shape index (κ2) is 11.4. The first-order valence-corrected chi connectivity index (χ1v) is 12.4. The first kappa shape index (κ1) is 24.1. The molecule has 2 aromatic carbocycles. The maximum Gasteiger partial charge on any atom is 0.250 e. The van der Waals surface area contributed by atoms with Crippen LogP contribution in [0.1, 0.15) is 43.7 Å². The zero-order valence-corrected chi connectivity index (χ0v) is 20.3. The van der Waals surface area contributed by atoms with Gasteiger partial charge in [0.15, 0.2) is 22.5 Å². The highest BCUT2D eigenvalue weighted by molar-refractivity contribution is 7.99. The maximum atomic E-state index is 12.4. The van der Waals surface area contributed by atoms with E-state index in [0.29, 0.717) is 27.5 Å². The van der Waals surface area contributed by atoms with Gasteiger partial charge in [-0.1, -0.05) is 48.7 Å². The summed E-state index contributed by atoms with van der Waals surface area (Å²) in [6.07, 6.45) is 7.07. The van der Waals surface area contributed by atoms with Crippen molar-refractivity contribution in [1.29, 1.82) is 0 Å². The third kappa shape index (κ3) is 5.71. The van der Waals surface area contributed by atoms with E-state index in [0.717, 1.165) is 24.2 Å². The molecule has 3 aromatic rings. The Hall–Kier alpha value is -3.04. The van der Waals surface area contributed by atoms with E-state index in [9.17, 15) is 9.90 Å². The first-order chi connectivity index (χ1) is 16.6. The molecule has 1 aromatic heterocycles. The number of hydrazone groups is 1. The summed E-state index contributed by atoms with van der Waals surface area (Å²) in [4.78, 5) is 12.4. The fourth-order valence-electron chi connectivity index (χ4n) is 3.98. The monoisotopic (exact) mass is 499 g/mol. The lowest BCUT2D eigenvalue weighted by atomic mass is 9.95. The molecule has 1 aliphatic carbocycles. The normalized spacial score (nSPS) is 14.4. The Morgan fingerprint density at radius 3 is 2.74 bits per heavy atom. The number of nitrogens with zero attached hydrogens (tertiary/aromatic N) is 4. The summed E-state index contributed by atoms with van der Waals surface area (Å²) in [6, 6.07) is 12.9. The van der Waals surface area contributed by atoms with Gasteiger partial charge in [0.2, 0.25) is 0 Å². The molecule has 0 unspecified atom stereocenters. The van der Waals surface area contributed by atoms with Crippen molar-refractivity contribution in [2.45, 2.75) is 43.3 Å². The number of methoxy groups -OCH3 is 1. The van der Waals surface area contributed by atoms with Crippen molar-refractivity contribution < 1.29 is 14.6 Å². The van der Waals surface area contributed by atoms with Crippen molar-refractivity contribution in [3.8, 4) is 22.9 Å². The summed E-state index contributed by atoms with van der Waals surface area (Å²) in [7, 11) is 1.47. The number of phenols is 1. The largest absolute Gasteiger partial charge is 0.504 e. The molecule has 34 heavy (non-hydrogen) atoms. The molecule has 1 heterocycles. The van der Waals surface area contributed by atoms with Crippen molar-refractivity contribution in [1.82, 2.24) is 20.2 Å². The van der Waals surface area contributed by atoms with Crippen LogP contribution in [0.25, 0.3) is 11.4 Å². The molecule has 0 radical (unpaired) electrons. The molecule has 0 atom stereocenters. The molecule has 1 fully saturated rings. The maximum absolute atomic E-state index is 12.4. The highest BCUT2D eigenvalue weighted by Crippen LogP contribution is 2.35. The zero-order valence-electron chi connectivity index (χ0n) is 18.8. The predicted octanol–water partition coefficient (Wildman–Crippen LogP) is 5.06. The van der Waals surface area contributed by atoms with Crippen molar-refractivity contribution in [3.05, 3.63) is 53.1 Å². The molecule has 4 rings (SSSR count). The first-order valence-electron chi connectivity index (χ1n) is 11.1. The second-order valence-electron chi connectivity index (χ2n) is 7.95. The third-order valence-corrected chi connectivity index (χ3v) is 6.88. The minimum atomic E-state index is -0.283. The Morgan fingerprint density at radius 2 is 2.00 bits per heavy atom. The number of carbonyl (C=O) groups excluding carboxylic acids is 1. The fraction of sp³-hybridized carbons (Fsp3) is 0.333. The molecule has 0 aliphatic heterocycles. The summed E-state index contributed by atoms with van der Waals surface area (Å²) < 4.78 is 7.24. The summed E-state index contributed by atoms with van der Waals surface area (Å²) in [5.41, 5.74) is 3.88. The number of nitrogens with one attached hydrogen (secondary N) is 1. The SMILES string of the molecule is COc1cccc(/C=N/NC(=O)CSc2nnc(-c3ccc(Cl)cc3)n2C2CCCCC2)c1O. The summed E-state index contributed by atoms with van der Waals surface area (Å²) in [5, 5.41) is 24.3. The number of hydrogen-bond acceptors (Lipinski definition) is 7. The topological polar surface area (TPSA) is 102 Å². The van der Waals surface area contributed by atoms with Gasteiger partial charge in [0.1, 0.15) is 0 Å². The van der Waals surface area contributed by atoms with E-state index in [-0.39, 0.29) is 17.4 Å². The Labute approximate surface area is 207 Å². The lowest BCUT2D eigenvalue weighted by Gasteiger charge is -2.25. The van der Waals surface area contributed by atoms with Crippen LogP contribution in [0.2, 0.25) is 5.02 Å². The molecular weight excluding hydrogens is 474 g/mol. The average Bonchev–Trinajstić information content (AvgIpc) is 3.29. The van der Waals surface area contributed by atoms with E-state index in [1.54, 1.807) is 18.2 Å². The molecular formula is C24H26ClN5O3S. The number of carbonyl (C=O) groups is 1. The molecule has 178 valence electrons. The van der Waals surface area contributed by atoms with Crippen LogP contribution < -0.4 is 10.2 Å². The van der Waals surface area contributed by atoms with Crippen molar-refractivity contribution in [3.63, 3.8) is 0 Å². The average molecular weight is 500 g/mol. The third-order valence-electron chi connectivity index (χ3n) is 5.68. The van der Waals surface area contributed by atoms with Crippen LogP contribution in [0, 0.1) is 0 Å². The van der Waals surface area contributed by atoms with Crippen LogP contribution in [-0.2, 0) is 4.79 Å². The molecule has 1 saturated carbocycles. The molecule has 1 amide bonds. The molecule has 1 aliphatic rings. The van der Waals surface area contributed by atoms with Crippen LogP contribution in [0.4, 0.5) is 0 Å². The van der Waals surface area contributed by atoms with Gasteiger partial charge in [-0.25, -0.2) is 5.43 Å². The number of benzene rings is 2. The molecule has 0 spiro atoms. The highest BCUT2D eigenvalue weighted by atomic mass is 35.5. The zero-order chi connectivity index (χ0) is 23.9. The number of thioether (sulfide) groups is 1. The van der Waals surface area contributed by atoms with Crippen LogP contribution in [0.3, 0.4) is 0 Å². The van der Waals surface area contributed by atoms with Crippen LogP contribution in [0.5, 0.6) is 11.5 Å². The number of ether oxygens (including phenoxy) is 1. The Bertz CT molecular complexity index is 1160. The van der Waals surface area contributed by atoms with Crippen LogP contribution >= 0.6 is 23.4 Å². The minimum absolute atomic E-state index is 0.0345. The van der Waals surface area contributed by atoms with E-state index >= 15 is 0 Å². The van der Waals surface area contributed by atoms with Crippen molar-refractivity contribution >= 4 is 35.5 Å². The van der Waals surface area contributed by atoms with Gasteiger partial charge in [0, 0.05) is 22.2 Å². The van der Waals surface area contributed by atoms with Gasteiger partial charge >= 0.3 is 0 Å². The van der Waals surface area contributed by atoms with Crippen LogP contribution in [-0.4, -0.2) is 44.9 Å². The van der Waals surface area contributed by atoms with Gasteiger partial charge in [-0.3, -0.25) is 9.36 Å². The number of amides is 1. The van der Waals surface area contributed by atoms with E-state index in [4.69, 9.17) is 16.3 Å². The minimum Gasteiger partial charge on any atom is -0.504 e. The highest BCUT2D eigenvalue weighted by Gasteiger charge is 2.24. The molecule has 0 saturated heterocycles. The Kier molecular flexibility index (Phi) is 8.08. The summed E-state index contributed by atoms with van der Waals surface area (Å²) in [5.74, 6) is 0.942. The second-order valence-corrected chi connectivity index (χ2v) is 9.33. The molecule has 2 N–H and O–H groups in total. The van der Waals surface area contributed by atoms with Crippen molar-refractivity contribution in [2.75, 3.05) is 12.9 Å². The Morgan fingerprint density at radius 1 is 1.24 bits per heavy atom. The number of aromatic nitrogens is 3. The predicted molar refractivity (Wildman–Crippen MR) is 134 cm³/mol. The number of aromatic hydroxyl groups is 1. The van der Waals surface area contributed by atoms with Crippen molar-refractivity contribution in [2.24, 2.45) is 5.10 Å². The standard InChI is InChI=1S/C24H26ClN5O3S/c1-33-20-9-5-6-17(22(20)32)14-26-27-21(31)15-34-24-29-28-23(16-10-12-18(25)13-11-16)30(24)19-7-3-2-4-8-19/h5-6,9-14,19,32H,2-4,7-8,15H2,1H3,(H,27,31)/b26-14+. The molecule has 0 bridgehead atoms. The number of halogens is 1. The van der Waals surface area contributed by atoms with Gasteiger partial charge in [0.25, 0.3) is 5.91 Å². The van der Waals surface area contributed by atoms with Gasteiger partial charge in [0.05, 0.1) is 19.1 Å². The van der Waals surface area contributed by atoms with E-state index in [1.807, 2.05) is 24.3 Å². The molecule has 8 nitrogen and oxygen atoms in total. The fourth-order valence-corrected chi connectivity index (χ4v) is 4.91. The Balaban J connectivity index is 1.45. The number of para-hydroxylation sites is 1. The number of rotatable bonds is 8.